The monoisotopic (exact) mass is 302 g/mol. The number of fused-ring (bicyclic) bond motifs is 1. The van der Waals surface area contributed by atoms with Crippen LogP contribution in [0.4, 0.5) is 0 Å². The molecular formula is C15H10O7. The molecule has 0 unspecified atom stereocenters. The summed E-state index contributed by atoms with van der Waals surface area (Å²) in [5.74, 6) is -3.09. The highest BCUT2D eigenvalue weighted by molar-refractivity contribution is 5.92. The van der Waals surface area contributed by atoms with Gasteiger partial charge in [-0.1, -0.05) is 0 Å². The van der Waals surface area contributed by atoms with Crippen molar-refractivity contribution in [2.75, 3.05) is 0 Å². The summed E-state index contributed by atoms with van der Waals surface area (Å²) < 4.78 is 5.29. The Bertz CT molecular complexity index is 939. The van der Waals surface area contributed by atoms with Crippen molar-refractivity contribution in [1.82, 2.24) is 0 Å². The lowest BCUT2D eigenvalue weighted by Gasteiger charge is -2.09. The van der Waals surface area contributed by atoms with Gasteiger partial charge in [0.25, 0.3) is 0 Å². The van der Waals surface area contributed by atoms with E-state index in [1.165, 1.54) is 24.3 Å². The topological polar surface area (TPSA) is 131 Å². The zero-order valence-electron chi connectivity index (χ0n) is 10.9. The summed E-state index contributed by atoms with van der Waals surface area (Å²) in [6.07, 6.45) is 0. The number of hydrogen-bond acceptors (Lipinski definition) is 7. The van der Waals surface area contributed by atoms with Gasteiger partial charge in [0.1, 0.15) is 16.9 Å². The first-order chi connectivity index (χ1) is 10.4. The molecule has 0 fully saturated rings. The van der Waals surface area contributed by atoms with E-state index in [9.17, 15) is 30.3 Å². The SMILES string of the molecule is O=c1c(O)c(-c2ccc(O)cc2)oc2c(O)c(O)cc(O)c12. The molecule has 0 aliphatic heterocycles. The van der Waals surface area contributed by atoms with Crippen LogP contribution in [0.25, 0.3) is 22.3 Å². The minimum Gasteiger partial charge on any atom is -0.508 e. The molecule has 1 aromatic heterocycles. The summed E-state index contributed by atoms with van der Waals surface area (Å²) in [5.41, 5.74) is -1.16. The number of rotatable bonds is 1. The number of aromatic hydroxyl groups is 5. The van der Waals surface area contributed by atoms with Gasteiger partial charge >= 0.3 is 0 Å². The molecule has 112 valence electrons. The quantitative estimate of drug-likeness (QED) is 0.343. The van der Waals surface area contributed by atoms with Gasteiger partial charge < -0.3 is 29.9 Å². The van der Waals surface area contributed by atoms with E-state index in [0.717, 1.165) is 6.07 Å². The number of phenols is 4. The fraction of sp³-hybridized carbons (Fsp3) is 0. The average Bonchev–Trinajstić information content (AvgIpc) is 2.48. The first-order valence-electron chi connectivity index (χ1n) is 6.13. The molecule has 7 nitrogen and oxygen atoms in total. The van der Waals surface area contributed by atoms with Gasteiger partial charge in [-0.25, -0.2) is 0 Å². The van der Waals surface area contributed by atoms with Gasteiger partial charge in [-0.05, 0) is 24.3 Å². The van der Waals surface area contributed by atoms with Gasteiger partial charge in [0.05, 0.1) is 0 Å². The molecule has 0 aliphatic carbocycles. The normalized spacial score (nSPS) is 10.9. The molecular weight excluding hydrogens is 292 g/mol. The van der Waals surface area contributed by atoms with Crippen molar-refractivity contribution in [3.8, 4) is 40.1 Å². The summed E-state index contributed by atoms with van der Waals surface area (Å²) in [6.45, 7) is 0. The van der Waals surface area contributed by atoms with Crippen LogP contribution >= 0.6 is 0 Å². The molecule has 2 aromatic carbocycles. The van der Waals surface area contributed by atoms with Crippen molar-refractivity contribution in [3.63, 3.8) is 0 Å². The number of hydrogen-bond donors (Lipinski definition) is 5. The summed E-state index contributed by atoms with van der Waals surface area (Å²) >= 11 is 0. The molecule has 0 saturated carbocycles. The Balaban J connectivity index is 2.43. The van der Waals surface area contributed by atoms with Gasteiger partial charge in [-0.15, -0.1) is 0 Å². The largest absolute Gasteiger partial charge is 0.508 e. The predicted octanol–water partition coefficient (Wildman–Crippen LogP) is 1.99. The molecule has 0 atom stereocenters. The van der Waals surface area contributed by atoms with Gasteiger partial charge in [0.15, 0.2) is 17.1 Å². The lowest BCUT2D eigenvalue weighted by atomic mass is 10.1. The Morgan fingerprint density at radius 1 is 0.818 bits per heavy atom. The second-order valence-corrected chi connectivity index (χ2v) is 4.62. The third kappa shape index (κ3) is 1.87. The van der Waals surface area contributed by atoms with Crippen LogP contribution < -0.4 is 5.43 Å². The summed E-state index contributed by atoms with van der Waals surface area (Å²) in [6, 6.07) is 6.18. The van der Waals surface area contributed by atoms with E-state index in [-0.39, 0.29) is 17.1 Å². The predicted molar refractivity (Wildman–Crippen MR) is 76.2 cm³/mol. The Morgan fingerprint density at radius 3 is 2.09 bits per heavy atom. The molecule has 7 heteroatoms. The van der Waals surface area contributed by atoms with Crippen LogP contribution in [-0.2, 0) is 0 Å². The zero-order chi connectivity index (χ0) is 16.0. The van der Waals surface area contributed by atoms with Crippen molar-refractivity contribution in [2.45, 2.75) is 0 Å². The Hall–Kier alpha value is -3.35. The average molecular weight is 302 g/mol. The summed E-state index contributed by atoms with van der Waals surface area (Å²) in [4.78, 5) is 12.2. The molecule has 0 bridgehead atoms. The lowest BCUT2D eigenvalue weighted by molar-refractivity contribution is 0.390. The number of benzene rings is 2. The maximum Gasteiger partial charge on any atom is 0.238 e. The van der Waals surface area contributed by atoms with Crippen molar-refractivity contribution in [2.24, 2.45) is 0 Å². The van der Waals surface area contributed by atoms with Crippen LogP contribution in [0, 0.1) is 0 Å². The first kappa shape index (κ1) is 13.6. The molecule has 0 amide bonds. The maximum atomic E-state index is 12.2. The van der Waals surface area contributed by atoms with Crippen molar-refractivity contribution < 1.29 is 29.9 Å². The summed E-state index contributed by atoms with van der Waals surface area (Å²) in [5, 5.41) is 47.8. The van der Waals surface area contributed by atoms with E-state index >= 15 is 0 Å². The lowest BCUT2D eigenvalue weighted by Crippen LogP contribution is -2.03. The highest BCUT2D eigenvalue weighted by Crippen LogP contribution is 2.41. The highest BCUT2D eigenvalue weighted by atomic mass is 16.4. The molecule has 0 saturated heterocycles. The molecule has 22 heavy (non-hydrogen) atoms. The van der Waals surface area contributed by atoms with E-state index in [0.29, 0.717) is 0 Å². The second-order valence-electron chi connectivity index (χ2n) is 4.62. The van der Waals surface area contributed by atoms with Crippen molar-refractivity contribution in [1.29, 1.82) is 0 Å². The van der Waals surface area contributed by atoms with Crippen molar-refractivity contribution in [3.05, 3.63) is 40.6 Å². The molecule has 0 aliphatic rings. The molecule has 0 spiro atoms. The van der Waals surface area contributed by atoms with Gasteiger partial charge in [-0.2, -0.15) is 0 Å². The standard InChI is InChI=1S/C15H10O7/c16-7-3-1-6(2-4-7)14-13(21)12(20)10-8(17)5-9(18)11(19)15(10)22-14/h1-5,16-19,21H. The van der Waals surface area contributed by atoms with Crippen LogP contribution in [0.3, 0.4) is 0 Å². The van der Waals surface area contributed by atoms with Crippen LogP contribution in [0.5, 0.6) is 28.7 Å². The minimum atomic E-state index is -0.961. The highest BCUT2D eigenvalue weighted by Gasteiger charge is 2.22. The van der Waals surface area contributed by atoms with E-state index in [2.05, 4.69) is 0 Å². The molecule has 0 radical (unpaired) electrons. The molecule has 3 aromatic rings. The maximum absolute atomic E-state index is 12.2. The van der Waals surface area contributed by atoms with Gasteiger partial charge in [-0.3, -0.25) is 4.79 Å². The second kappa shape index (κ2) is 4.59. The summed E-state index contributed by atoms with van der Waals surface area (Å²) in [7, 11) is 0. The Morgan fingerprint density at radius 2 is 1.45 bits per heavy atom. The van der Waals surface area contributed by atoms with Crippen LogP contribution in [0.1, 0.15) is 0 Å². The molecule has 5 N–H and O–H groups in total. The van der Waals surface area contributed by atoms with Crippen molar-refractivity contribution >= 4 is 11.0 Å². The third-order valence-electron chi connectivity index (χ3n) is 3.21. The number of phenolic OH excluding ortho intramolecular Hbond substituents is 4. The zero-order valence-corrected chi connectivity index (χ0v) is 10.9. The fourth-order valence-electron chi connectivity index (χ4n) is 2.12. The van der Waals surface area contributed by atoms with Crippen LogP contribution in [0.2, 0.25) is 0 Å². The van der Waals surface area contributed by atoms with E-state index < -0.39 is 39.4 Å². The van der Waals surface area contributed by atoms with E-state index in [1.807, 2.05) is 0 Å². The fourth-order valence-corrected chi connectivity index (χ4v) is 2.12. The molecule has 1 heterocycles. The minimum absolute atomic E-state index is 0.0236. The van der Waals surface area contributed by atoms with Gasteiger partial charge in [0.2, 0.25) is 16.9 Å². The van der Waals surface area contributed by atoms with Crippen LogP contribution in [0.15, 0.2) is 39.5 Å². The van der Waals surface area contributed by atoms with Gasteiger partial charge in [0, 0.05) is 11.6 Å². The molecule has 3 rings (SSSR count). The first-order valence-corrected chi connectivity index (χ1v) is 6.13. The Labute approximate surface area is 122 Å². The van der Waals surface area contributed by atoms with E-state index in [4.69, 9.17) is 4.42 Å². The third-order valence-corrected chi connectivity index (χ3v) is 3.21. The smallest absolute Gasteiger partial charge is 0.238 e. The van der Waals surface area contributed by atoms with E-state index in [1.54, 1.807) is 0 Å². The van der Waals surface area contributed by atoms with Crippen LogP contribution in [-0.4, -0.2) is 25.5 Å². The Kier molecular flexibility index (Phi) is 2.84.